The number of aryl methyl sites for hydroxylation is 1. The number of nitrogens with zero attached hydrogens (tertiary/aromatic N) is 1. The van der Waals surface area contributed by atoms with E-state index < -0.39 is 0 Å². The van der Waals surface area contributed by atoms with Crippen molar-refractivity contribution in [2.24, 2.45) is 5.41 Å². The van der Waals surface area contributed by atoms with Crippen molar-refractivity contribution in [2.75, 3.05) is 0 Å². The third-order valence-corrected chi connectivity index (χ3v) is 1.88. The summed E-state index contributed by atoms with van der Waals surface area (Å²) in [7, 11) is 0. The monoisotopic (exact) mass is 182 g/mol. The van der Waals surface area contributed by atoms with Gasteiger partial charge in [-0.25, -0.2) is 4.98 Å². The zero-order valence-corrected chi connectivity index (χ0v) is 8.81. The van der Waals surface area contributed by atoms with Gasteiger partial charge in [0.05, 0.1) is 12.3 Å². The lowest BCUT2D eigenvalue weighted by molar-refractivity contribution is 0.276. The third kappa shape index (κ3) is 2.84. The van der Waals surface area contributed by atoms with Crippen LogP contribution >= 0.6 is 0 Å². The second-order valence-electron chi connectivity index (χ2n) is 4.65. The van der Waals surface area contributed by atoms with Gasteiger partial charge in [-0.2, -0.15) is 0 Å². The molecule has 0 aliphatic carbocycles. The predicted octanol–water partition coefficient (Wildman–Crippen LogP) is 1.80. The highest BCUT2D eigenvalue weighted by Gasteiger charge is 2.14. The van der Waals surface area contributed by atoms with Gasteiger partial charge in [0, 0.05) is 12.1 Å². The Balaban J connectivity index is 2.80. The Morgan fingerprint density at radius 1 is 1.38 bits per heavy atom. The van der Waals surface area contributed by atoms with Gasteiger partial charge in [-0.15, -0.1) is 0 Å². The molecular formula is C10H18N2O. The molecule has 1 heterocycles. The van der Waals surface area contributed by atoms with Crippen molar-refractivity contribution in [3.8, 4) is 0 Å². The molecule has 2 N–H and O–H groups in total. The van der Waals surface area contributed by atoms with Crippen molar-refractivity contribution in [1.29, 1.82) is 0 Å². The van der Waals surface area contributed by atoms with Crippen LogP contribution < -0.4 is 0 Å². The van der Waals surface area contributed by atoms with E-state index in [1.54, 1.807) is 0 Å². The maximum Gasteiger partial charge on any atom is 0.107 e. The first-order valence-electron chi connectivity index (χ1n) is 4.57. The Hall–Kier alpha value is -0.830. The average Bonchev–Trinajstić information content (AvgIpc) is 2.26. The summed E-state index contributed by atoms with van der Waals surface area (Å²) in [6, 6.07) is 0. The van der Waals surface area contributed by atoms with Crippen LogP contribution in [0.2, 0.25) is 0 Å². The number of hydrogen-bond donors (Lipinski definition) is 2. The van der Waals surface area contributed by atoms with Crippen molar-refractivity contribution >= 4 is 0 Å². The second kappa shape index (κ2) is 3.50. The van der Waals surface area contributed by atoms with E-state index in [1.807, 2.05) is 6.92 Å². The fraction of sp³-hybridized carbons (Fsp3) is 0.700. The molecule has 3 heteroatoms. The number of H-pyrrole nitrogens is 1. The summed E-state index contributed by atoms with van der Waals surface area (Å²) in [5.74, 6) is 0.967. The zero-order chi connectivity index (χ0) is 10.1. The molecule has 0 fully saturated rings. The topological polar surface area (TPSA) is 48.9 Å². The number of hydrogen-bond acceptors (Lipinski definition) is 2. The van der Waals surface area contributed by atoms with E-state index in [2.05, 4.69) is 30.7 Å². The van der Waals surface area contributed by atoms with E-state index in [1.165, 1.54) is 0 Å². The highest BCUT2D eigenvalue weighted by Crippen LogP contribution is 2.19. The number of imidazole rings is 1. The van der Waals surface area contributed by atoms with Crippen LogP contribution in [-0.2, 0) is 13.0 Å². The molecule has 1 rings (SSSR count). The normalized spacial score (nSPS) is 12.1. The molecule has 0 spiro atoms. The smallest absolute Gasteiger partial charge is 0.107 e. The minimum atomic E-state index is 0.0203. The Bertz CT molecular complexity index is 284. The summed E-state index contributed by atoms with van der Waals surface area (Å²) in [4.78, 5) is 7.49. The fourth-order valence-electron chi connectivity index (χ4n) is 1.30. The molecule has 0 saturated carbocycles. The van der Waals surface area contributed by atoms with Gasteiger partial charge in [0.25, 0.3) is 0 Å². The van der Waals surface area contributed by atoms with Gasteiger partial charge in [0.1, 0.15) is 5.82 Å². The maximum absolute atomic E-state index is 8.95. The largest absolute Gasteiger partial charge is 0.390 e. The van der Waals surface area contributed by atoms with Crippen LogP contribution in [0.15, 0.2) is 0 Å². The van der Waals surface area contributed by atoms with E-state index in [9.17, 15) is 0 Å². The van der Waals surface area contributed by atoms with E-state index in [0.29, 0.717) is 0 Å². The van der Waals surface area contributed by atoms with Crippen LogP contribution in [0.5, 0.6) is 0 Å². The number of aliphatic hydroxyl groups is 1. The van der Waals surface area contributed by atoms with Crippen molar-refractivity contribution in [1.82, 2.24) is 9.97 Å². The van der Waals surface area contributed by atoms with Gasteiger partial charge in [-0.05, 0) is 12.3 Å². The van der Waals surface area contributed by atoms with Gasteiger partial charge in [-0.3, -0.25) is 0 Å². The van der Waals surface area contributed by atoms with Gasteiger partial charge >= 0.3 is 0 Å². The van der Waals surface area contributed by atoms with Gasteiger partial charge < -0.3 is 10.1 Å². The zero-order valence-electron chi connectivity index (χ0n) is 8.81. The molecule has 0 aromatic carbocycles. The highest BCUT2D eigenvalue weighted by atomic mass is 16.3. The minimum Gasteiger partial charge on any atom is -0.390 e. The summed E-state index contributed by atoms with van der Waals surface area (Å²) in [6.07, 6.45) is 0.911. The molecule has 0 unspecified atom stereocenters. The predicted molar refractivity (Wildman–Crippen MR) is 52.4 cm³/mol. The Kier molecular flexibility index (Phi) is 2.76. The first-order chi connectivity index (χ1) is 5.92. The fourth-order valence-corrected chi connectivity index (χ4v) is 1.30. The lowest BCUT2D eigenvalue weighted by Crippen LogP contribution is -2.10. The lowest BCUT2D eigenvalue weighted by atomic mass is 9.92. The van der Waals surface area contributed by atoms with E-state index in [-0.39, 0.29) is 12.0 Å². The number of nitrogens with one attached hydrogen (secondary N) is 1. The molecular weight excluding hydrogens is 164 g/mol. The summed E-state index contributed by atoms with van der Waals surface area (Å²) < 4.78 is 0. The molecule has 0 aliphatic heterocycles. The van der Waals surface area contributed by atoms with Crippen LogP contribution in [-0.4, -0.2) is 15.1 Å². The molecule has 0 radical (unpaired) electrons. The molecule has 0 saturated heterocycles. The van der Waals surface area contributed by atoms with Crippen molar-refractivity contribution in [2.45, 2.75) is 40.7 Å². The summed E-state index contributed by atoms with van der Waals surface area (Å²) >= 11 is 0. The third-order valence-electron chi connectivity index (χ3n) is 1.88. The summed E-state index contributed by atoms with van der Waals surface area (Å²) in [5, 5.41) is 8.95. The van der Waals surface area contributed by atoms with Gasteiger partial charge in [0.2, 0.25) is 0 Å². The summed E-state index contributed by atoms with van der Waals surface area (Å²) in [5.41, 5.74) is 1.97. The molecule has 3 nitrogen and oxygen atoms in total. The number of aromatic amines is 1. The van der Waals surface area contributed by atoms with Crippen molar-refractivity contribution < 1.29 is 5.11 Å². The molecule has 0 aliphatic rings. The van der Waals surface area contributed by atoms with Crippen LogP contribution in [0.3, 0.4) is 0 Å². The minimum absolute atomic E-state index is 0.0203. The second-order valence-corrected chi connectivity index (χ2v) is 4.65. The van der Waals surface area contributed by atoms with Crippen molar-refractivity contribution in [3.05, 3.63) is 17.2 Å². The lowest BCUT2D eigenvalue weighted by Gasteiger charge is -2.15. The Morgan fingerprint density at radius 3 is 2.38 bits per heavy atom. The summed E-state index contributed by atoms with van der Waals surface area (Å²) in [6.45, 7) is 8.47. The molecule has 1 aromatic heterocycles. The molecule has 0 amide bonds. The van der Waals surface area contributed by atoms with Crippen molar-refractivity contribution in [3.63, 3.8) is 0 Å². The molecule has 1 aromatic rings. The quantitative estimate of drug-likeness (QED) is 0.732. The van der Waals surface area contributed by atoms with Crippen LogP contribution in [0.1, 0.15) is 38.0 Å². The maximum atomic E-state index is 8.95. The Morgan fingerprint density at radius 2 is 2.00 bits per heavy atom. The number of aromatic nitrogens is 2. The first-order valence-corrected chi connectivity index (χ1v) is 4.57. The number of rotatable bonds is 2. The van der Waals surface area contributed by atoms with E-state index in [4.69, 9.17) is 5.11 Å². The number of aliphatic hydroxyl groups excluding tert-OH is 1. The SMILES string of the molecule is Cc1[nH]c(CC(C)(C)C)nc1CO. The van der Waals surface area contributed by atoms with Crippen LogP contribution in [0.4, 0.5) is 0 Å². The average molecular weight is 182 g/mol. The van der Waals surface area contributed by atoms with Crippen LogP contribution in [0.25, 0.3) is 0 Å². The van der Waals surface area contributed by atoms with Gasteiger partial charge in [0.15, 0.2) is 0 Å². The first kappa shape index (κ1) is 10.3. The van der Waals surface area contributed by atoms with Crippen LogP contribution in [0, 0.1) is 12.3 Å². The Labute approximate surface area is 79.2 Å². The molecule has 13 heavy (non-hydrogen) atoms. The van der Waals surface area contributed by atoms with E-state index in [0.717, 1.165) is 23.6 Å². The van der Waals surface area contributed by atoms with Gasteiger partial charge in [-0.1, -0.05) is 20.8 Å². The highest BCUT2D eigenvalue weighted by molar-refractivity contribution is 5.12. The molecule has 74 valence electrons. The molecule has 0 bridgehead atoms. The molecule has 0 atom stereocenters. The standard InChI is InChI=1S/C10H18N2O/c1-7-8(6-13)12-9(11-7)5-10(2,3)4/h13H,5-6H2,1-4H3,(H,11,12). The van der Waals surface area contributed by atoms with E-state index >= 15 is 0 Å².